The fourth-order valence-corrected chi connectivity index (χ4v) is 5.41. The Hall–Kier alpha value is -4.06. The maximum atomic E-state index is 14.1. The summed E-state index contributed by atoms with van der Waals surface area (Å²) in [4.78, 5) is 15.9. The number of fused-ring (bicyclic) bond motifs is 3. The quantitative estimate of drug-likeness (QED) is 0.544. The lowest BCUT2D eigenvalue weighted by Gasteiger charge is -2.35. The first-order valence-corrected chi connectivity index (χ1v) is 10.8. The molecule has 160 valence electrons. The normalized spacial score (nSPS) is 24.9. The Morgan fingerprint density at radius 2 is 1.82 bits per heavy atom. The van der Waals surface area contributed by atoms with Crippen molar-refractivity contribution in [2.75, 3.05) is 4.90 Å². The van der Waals surface area contributed by atoms with E-state index in [1.165, 1.54) is 0 Å². The first-order valence-electron chi connectivity index (χ1n) is 10.5. The van der Waals surface area contributed by atoms with Crippen LogP contribution in [0.15, 0.2) is 78.9 Å². The van der Waals surface area contributed by atoms with Gasteiger partial charge in [-0.2, -0.15) is 10.5 Å². The van der Waals surface area contributed by atoms with Gasteiger partial charge in [-0.3, -0.25) is 4.79 Å². The Morgan fingerprint density at radius 3 is 2.52 bits per heavy atom. The Labute approximate surface area is 196 Å². The molecule has 2 heterocycles. The Kier molecular flexibility index (Phi) is 4.93. The number of carbonyl (C=O) groups is 1. The third kappa shape index (κ3) is 3.02. The summed E-state index contributed by atoms with van der Waals surface area (Å²) in [7, 11) is 0. The Morgan fingerprint density at radius 1 is 1.03 bits per heavy atom. The molecule has 6 heteroatoms. The second-order valence-electron chi connectivity index (χ2n) is 8.24. The standard InChI is InChI=1S/C27H18ClN3O2/c28-20-8-4-7-19(13-20)25-23(15-29)31-22-11-10-21(32)14-18(22)9-12-24(31)27(25,16-30)26(33)17-5-2-1-3-6-17/h1-14,23-25,32H/t23-,24+,25+,27-/m1/s1. The third-order valence-electron chi connectivity index (χ3n) is 6.56. The van der Waals surface area contributed by atoms with Crippen LogP contribution < -0.4 is 4.90 Å². The van der Waals surface area contributed by atoms with Crippen LogP contribution in [0.25, 0.3) is 6.08 Å². The van der Waals surface area contributed by atoms with Crippen molar-refractivity contribution in [1.82, 2.24) is 0 Å². The topological polar surface area (TPSA) is 88.1 Å². The zero-order chi connectivity index (χ0) is 23.2. The minimum atomic E-state index is -1.57. The zero-order valence-electron chi connectivity index (χ0n) is 17.4. The summed E-state index contributed by atoms with van der Waals surface area (Å²) in [5.41, 5.74) is 0.907. The van der Waals surface area contributed by atoms with Gasteiger partial charge in [0.2, 0.25) is 0 Å². The van der Waals surface area contributed by atoms with Gasteiger partial charge in [0.05, 0.1) is 18.2 Å². The van der Waals surface area contributed by atoms with Crippen LogP contribution in [0.1, 0.15) is 27.4 Å². The van der Waals surface area contributed by atoms with E-state index < -0.39 is 23.4 Å². The van der Waals surface area contributed by atoms with E-state index >= 15 is 0 Å². The predicted molar refractivity (Wildman–Crippen MR) is 126 cm³/mol. The first-order chi connectivity index (χ1) is 16.0. The van der Waals surface area contributed by atoms with E-state index in [2.05, 4.69) is 12.1 Å². The summed E-state index contributed by atoms with van der Waals surface area (Å²) in [6, 6.07) is 23.9. The van der Waals surface area contributed by atoms with Crippen LogP contribution in [0.5, 0.6) is 5.75 Å². The molecule has 0 unspecified atom stereocenters. The fraction of sp³-hybridized carbons (Fsp3) is 0.148. The molecule has 5 nitrogen and oxygen atoms in total. The summed E-state index contributed by atoms with van der Waals surface area (Å²) in [5, 5.41) is 31.5. The number of halogens is 1. The number of nitriles is 2. The number of nitrogens with zero attached hydrogens (tertiary/aromatic N) is 3. The molecular formula is C27H18ClN3O2. The van der Waals surface area contributed by atoms with Crippen LogP contribution in [0.4, 0.5) is 5.69 Å². The van der Waals surface area contributed by atoms with Crippen molar-refractivity contribution in [2.24, 2.45) is 5.41 Å². The molecule has 1 N–H and O–H groups in total. The average Bonchev–Trinajstić information content (AvgIpc) is 3.14. The summed E-state index contributed by atoms with van der Waals surface area (Å²) in [5.74, 6) is -0.994. The Balaban J connectivity index is 1.80. The van der Waals surface area contributed by atoms with Crippen LogP contribution in [0.3, 0.4) is 0 Å². The van der Waals surface area contributed by atoms with Gasteiger partial charge in [0.25, 0.3) is 0 Å². The summed E-state index contributed by atoms with van der Waals surface area (Å²) in [6.45, 7) is 0. The maximum absolute atomic E-state index is 14.1. The lowest BCUT2D eigenvalue weighted by molar-refractivity contribution is 0.0842. The van der Waals surface area contributed by atoms with Gasteiger partial charge in [0.15, 0.2) is 11.2 Å². The number of phenols is 1. The van der Waals surface area contributed by atoms with Crippen molar-refractivity contribution in [1.29, 1.82) is 10.5 Å². The molecule has 2 aliphatic heterocycles. The Bertz CT molecular complexity index is 1370. The van der Waals surface area contributed by atoms with E-state index in [0.717, 1.165) is 5.56 Å². The number of carbonyl (C=O) groups excluding carboxylic acids is 1. The molecule has 2 aliphatic rings. The van der Waals surface area contributed by atoms with Crippen molar-refractivity contribution >= 4 is 29.1 Å². The lowest BCUT2D eigenvalue weighted by atomic mass is 9.65. The number of aromatic hydroxyl groups is 1. The molecule has 0 bridgehead atoms. The molecule has 0 spiro atoms. The van der Waals surface area contributed by atoms with Gasteiger partial charge in [0.1, 0.15) is 11.8 Å². The molecule has 1 saturated heterocycles. The third-order valence-corrected chi connectivity index (χ3v) is 6.79. The highest BCUT2D eigenvalue weighted by molar-refractivity contribution is 6.30. The van der Waals surface area contributed by atoms with E-state index in [4.69, 9.17) is 11.6 Å². The highest BCUT2D eigenvalue weighted by Crippen LogP contribution is 2.56. The molecule has 0 radical (unpaired) electrons. The molecular weight excluding hydrogens is 434 g/mol. The SMILES string of the molecule is N#C[C@@H]1[C@H](c2cccc(Cl)c2)[C@](C#N)(C(=O)c2ccccc2)[C@@H]2C=Cc3cc(O)ccc3N12. The first kappa shape index (κ1) is 20.8. The highest BCUT2D eigenvalue weighted by Gasteiger charge is 2.64. The minimum Gasteiger partial charge on any atom is -0.508 e. The van der Waals surface area contributed by atoms with Gasteiger partial charge in [0, 0.05) is 27.8 Å². The molecule has 4 atom stereocenters. The van der Waals surface area contributed by atoms with E-state index in [-0.39, 0.29) is 11.5 Å². The number of Topliss-reactive ketones (excluding diaryl/α,β-unsaturated/α-hetero) is 1. The van der Waals surface area contributed by atoms with Gasteiger partial charge in [-0.25, -0.2) is 0 Å². The monoisotopic (exact) mass is 451 g/mol. The van der Waals surface area contributed by atoms with Crippen molar-refractivity contribution in [2.45, 2.75) is 18.0 Å². The maximum Gasteiger partial charge on any atom is 0.186 e. The molecule has 0 aliphatic carbocycles. The number of benzene rings is 3. The summed E-state index contributed by atoms with van der Waals surface area (Å²) in [6.07, 6.45) is 3.59. The van der Waals surface area contributed by atoms with Gasteiger partial charge in [-0.1, -0.05) is 66.2 Å². The molecule has 0 aromatic heterocycles. The van der Waals surface area contributed by atoms with Crippen molar-refractivity contribution in [3.05, 3.63) is 101 Å². The summed E-state index contributed by atoms with van der Waals surface area (Å²) < 4.78 is 0. The van der Waals surface area contributed by atoms with E-state index in [9.17, 15) is 20.4 Å². The smallest absolute Gasteiger partial charge is 0.186 e. The molecule has 5 rings (SSSR count). The van der Waals surface area contributed by atoms with Crippen LogP contribution in [0, 0.1) is 28.1 Å². The lowest BCUT2D eigenvalue weighted by Crippen LogP contribution is -2.45. The number of hydrogen-bond donors (Lipinski definition) is 1. The van der Waals surface area contributed by atoms with Crippen LogP contribution in [-0.4, -0.2) is 23.0 Å². The fourth-order valence-electron chi connectivity index (χ4n) is 5.21. The predicted octanol–water partition coefficient (Wildman–Crippen LogP) is 5.33. The molecule has 3 aromatic rings. The summed E-state index contributed by atoms with van der Waals surface area (Å²) >= 11 is 6.29. The number of hydrogen-bond acceptors (Lipinski definition) is 5. The molecule has 0 amide bonds. The van der Waals surface area contributed by atoms with Crippen LogP contribution in [-0.2, 0) is 0 Å². The number of anilines is 1. The second kappa shape index (κ2) is 7.81. The number of rotatable bonds is 3. The van der Waals surface area contributed by atoms with Gasteiger partial charge >= 0.3 is 0 Å². The van der Waals surface area contributed by atoms with Gasteiger partial charge < -0.3 is 10.0 Å². The van der Waals surface area contributed by atoms with E-state index in [1.54, 1.807) is 72.8 Å². The minimum absolute atomic E-state index is 0.0999. The van der Waals surface area contributed by atoms with E-state index in [1.807, 2.05) is 17.0 Å². The highest BCUT2D eigenvalue weighted by atomic mass is 35.5. The number of ketones is 1. The molecule has 33 heavy (non-hydrogen) atoms. The zero-order valence-corrected chi connectivity index (χ0v) is 18.1. The molecule has 3 aromatic carbocycles. The average molecular weight is 452 g/mol. The van der Waals surface area contributed by atoms with Gasteiger partial charge in [-0.05, 0) is 35.9 Å². The van der Waals surface area contributed by atoms with Crippen molar-refractivity contribution in [3.63, 3.8) is 0 Å². The van der Waals surface area contributed by atoms with Crippen molar-refractivity contribution < 1.29 is 9.90 Å². The van der Waals surface area contributed by atoms with Gasteiger partial charge in [-0.15, -0.1) is 0 Å². The molecule has 0 saturated carbocycles. The molecule has 1 fully saturated rings. The van der Waals surface area contributed by atoms with Crippen molar-refractivity contribution in [3.8, 4) is 17.9 Å². The largest absolute Gasteiger partial charge is 0.508 e. The second-order valence-corrected chi connectivity index (χ2v) is 8.67. The van der Waals surface area contributed by atoms with Crippen LogP contribution in [0.2, 0.25) is 5.02 Å². The van der Waals surface area contributed by atoms with Crippen LogP contribution >= 0.6 is 11.6 Å². The van der Waals surface area contributed by atoms with E-state index in [0.29, 0.717) is 21.8 Å². The number of phenolic OH excluding ortho intramolecular Hbond substituents is 1.